The molecule has 1 amide bonds. The summed E-state index contributed by atoms with van der Waals surface area (Å²) in [7, 11) is 0. The summed E-state index contributed by atoms with van der Waals surface area (Å²) in [4.78, 5) is 14.4. The van der Waals surface area contributed by atoms with Gasteiger partial charge in [0.2, 0.25) is 5.91 Å². The molecule has 4 nitrogen and oxygen atoms in total. The maximum Gasteiger partial charge on any atom is 0.246 e. The summed E-state index contributed by atoms with van der Waals surface area (Å²) in [5.74, 6) is 1.59. The molecule has 0 aliphatic heterocycles. The predicted octanol–water partition coefficient (Wildman–Crippen LogP) is 5.25. The SMILES string of the molecule is CCN(C(=O)CNc1ccc(Oc2ccccc2)cc1)c1cccc(C)c1. The summed E-state index contributed by atoms with van der Waals surface area (Å²) in [6.45, 7) is 4.88. The predicted molar refractivity (Wildman–Crippen MR) is 111 cm³/mol. The molecule has 4 heteroatoms. The molecule has 0 heterocycles. The van der Waals surface area contributed by atoms with Crippen molar-refractivity contribution >= 4 is 17.3 Å². The fourth-order valence-electron chi connectivity index (χ4n) is 2.84. The Morgan fingerprint density at radius 2 is 1.63 bits per heavy atom. The zero-order valence-electron chi connectivity index (χ0n) is 15.7. The van der Waals surface area contributed by atoms with Gasteiger partial charge in [-0.1, -0.05) is 30.3 Å². The number of amides is 1. The lowest BCUT2D eigenvalue weighted by Gasteiger charge is -2.22. The highest BCUT2D eigenvalue weighted by Gasteiger charge is 2.13. The maximum absolute atomic E-state index is 12.6. The molecule has 138 valence electrons. The van der Waals surface area contributed by atoms with Gasteiger partial charge >= 0.3 is 0 Å². The molecule has 0 aliphatic carbocycles. The van der Waals surface area contributed by atoms with Crippen molar-refractivity contribution in [1.29, 1.82) is 0 Å². The standard InChI is InChI=1S/C23H24N2O2/c1-3-25(20-9-7-8-18(2)16-20)23(26)17-24-19-12-14-22(15-13-19)27-21-10-5-4-6-11-21/h4-16,24H,3,17H2,1-2H3. The van der Waals surface area contributed by atoms with E-state index in [0.717, 1.165) is 28.4 Å². The number of aryl methyl sites for hydroxylation is 1. The monoisotopic (exact) mass is 360 g/mol. The zero-order chi connectivity index (χ0) is 19.1. The fourth-order valence-corrected chi connectivity index (χ4v) is 2.84. The second-order valence-electron chi connectivity index (χ2n) is 6.27. The van der Waals surface area contributed by atoms with E-state index in [1.165, 1.54) is 0 Å². The number of hydrogen-bond acceptors (Lipinski definition) is 3. The van der Waals surface area contributed by atoms with Gasteiger partial charge in [0, 0.05) is 17.9 Å². The van der Waals surface area contributed by atoms with Crippen LogP contribution in [0.15, 0.2) is 78.9 Å². The minimum absolute atomic E-state index is 0.0349. The third kappa shape index (κ3) is 5.11. The van der Waals surface area contributed by atoms with E-state index < -0.39 is 0 Å². The number of benzene rings is 3. The Morgan fingerprint density at radius 1 is 0.926 bits per heavy atom. The van der Waals surface area contributed by atoms with E-state index in [-0.39, 0.29) is 12.5 Å². The largest absolute Gasteiger partial charge is 0.457 e. The Labute approximate surface area is 160 Å². The van der Waals surface area contributed by atoms with Gasteiger partial charge in [-0.3, -0.25) is 4.79 Å². The number of para-hydroxylation sites is 1. The van der Waals surface area contributed by atoms with Gasteiger partial charge in [-0.15, -0.1) is 0 Å². The van der Waals surface area contributed by atoms with Gasteiger partial charge < -0.3 is 15.0 Å². The van der Waals surface area contributed by atoms with Crippen LogP contribution in [0.25, 0.3) is 0 Å². The van der Waals surface area contributed by atoms with E-state index in [9.17, 15) is 4.79 Å². The molecule has 3 aromatic carbocycles. The van der Waals surface area contributed by atoms with E-state index in [4.69, 9.17) is 4.74 Å². The summed E-state index contributed by atoms with van der Waals surface area (Å²) in [5, 5.41) is 3.19. The number of carbonyl (C=O) groups excluding carboxylic acids is 1. The highest BCUT2D eigenvalue weighted by Crippen LogP contribution is 2.22. The smallest absolute Gasteiger partial charge is 0.246 e. The lowest BCUT2D eigenvalue weighted by molar-refractivity contribution is -0.116. The van der Waals surface area contributed by atoms with Crippen LogP contribution < -0.4 is 15.0 Å². The number of rotatable bonds is 7. The van der Waals surface area contributed by atoms with Crippen molar-refractivity contribution in [3.05, 3.63) is 84.4 Å². The molecule has 0 atom stereocenters. The van der Waals surface area contributed by atoms with Crippen LogP contribution in [0.3, 0.4) is 0 Å². The highest BCUT2D eigenvalue weighted by molar-refractivity contribution is 5.96. The molecule has 0 unspecified atom stereocenters. The summed E-state index contributed by atoms with van der Waals surface area (Å²) in [6, 6.07) is 25.2. The Bertz CT molecular complexity index is 876. The number of nitrogens with zero attached hydrogens (tertiary/aromatic N) is 1. The van der Waals surface area contributed by atoms with Crippen molar-refractivity contribution < 1.29 is 9.53 Å². The molecular formula is C23H24N2O2. The molecule has 27 heavy (non-hydrogen) atoms. The third-order valence-corrected chi connectivity index (χ3v) is 4.21. The molecule has 0 radical (unpaired) electrons. The van der Waals surface area contributed by atoms with Crippen LogP contribution in [0.2, 0.25) is 0 Å². The zero-order valence-corrected chi connectivity index (χ0v) is 15.7. The van der Waals surface area contributed by atoms with Crippen LogP contribution in [0.1, 0.15) is 12.5 Å². The molecule has 1 N–H and O–H groups in total. The second-order valence-corrected chi connectivity index (χ2v) is 6.27. The van der Waals surface area contributed by atoms with Gasteiger partial charge in [0.1, 0.15) is 11.5 Å². The van der Waals surface area contributed by atoms with Gasteiger partial charge in [0.05, 0.1) is 6.54 Å². The quantitative estimate of drug-likeness (QED) is 0.625. The molecule has 0 saturated carbocycles. The Kier molecular flexibility index (Phi) is 6.10. The lowest BCUT2D eigenvalue weighted by atomic mass is 10.2. The number of carbonyl (C=O) groups is 1. The van der Waals surface area contributed by atoms with E-state index in [0.29, 0.717) is 6.54 Å². The van der Waals surface area contributed by atoms with Crippen molar-refractivity contribution in [2.45, 2.75) is 13.8 Å². The summed E-state index contributed by atoms with van der Waals surface area (Å²) in [6.07, 6.45) is 0. The van der Waals surface area contributed by atoms with Gasteiger partial charge in [-0.2, -0.15) is 0 Å². The first kappa shape index (κ1) is 18.5. The van der Waals surface area contributed by atoms with E-state index in [2.05, 4.69) is 5.32 Å². The van der Waals surface area contributed by atoms with Gasteiger partial charge in [0.15, 0.2) is 0 Å². The topological polar surface area (TPSA) is 41.6 Å². The average Bonchev–Trinajstić information content (AvgIpc) is 2.69. The maximum atomic E-state index is 12.6. The number of ether oxygens (including phenoxy) is 1. The van der Waals surface area contributed by atoms with Crippen LogP contribution in [0.4, 0.5) is 11.4 Å². The van der Waals surface area contributed by atoms with E-state index in [1.807, 2.05) is 92.7 Å². The van der Waals surface area contributed by atoms with Crippen LogP contribution in [-0.4, -0.2) is 19.0 Å². The van der Waals surface area contributed by atoms with Gasteiger partial charge in [0.25, 0.3) is 0 Å². The highest BCUT2D eigenvalue weighted by atomic mass is 16.5. The lowest BCUT2D eigenvalue weighted by Crippen LogP contribution is -2.35. The summed E-state index contributed by atoms with van der Waals surface area (Å²) in [5.41, 5.74) is 2.95. The first-order valence-electron chi connectivity index (χ1n) is 9.09. The average molecular weight is 360 g/mol. The van der Waals surface area contributed by atoms with Gasteiger partial charge in [-0.25, -0.2) is 0 Å². The van der Waals surface area contributed by atoms with E-state index in [1.54, 1.807) is 4.90 Å². The molecule has 3 aromatic rings. The van der Waals surface area contributed by atoms with Crippen molar-refractivity contribution in [3.8, 4) is 11.5 Å². The van der Waals surface area contributed by atoms with Crippen LogP contribution in [0.5, 0.6) is 11.5 Å². The summed E-state index contributed by atoms with van der Waals surface area (Å²) < 4.78 is 5.78. The molecular weight excluding hydrogens is 336 g/mol. The molecule has 0 aliphatic rings. The van der Waals surface area contributed by atoms with Crippen molar-refractivity contribution in [1.82, 2.24) is 0 Å². The first-order chi connectivity index (χ1) is 13.2. The molecule has 0 fully saturated rings. The summed E-state index contributed by atoms with van der Waals surface area (Å²) >= 11 is 0. The number of likely N-dealkylation sites (N-methyl/N-ethyl adjacent to an activating group) is 1. The van der Waals surface area contributed by atoms with Crippen LogP contribution in [0, 0.1) is 6.92 Å². The number of nitrogens with one attached hydrogen (secondary N) is 1. The number of anilines is 2. The second kappa shape index (κ2) is 8.90. The molecule has 0 bridgehead atoms. The molecule has 3 rings (SSSR count). The Balaban J connectivity index is 1.58. The molecule has 0 saturated heterocycles. The Hall–Kier alpha value is -3.27. The van der Waals surface area contributed by atoms with Crippen molar-refractivity contribution in [3.63, 3.8) is 0 Å². The van der Waals surface area contributed by atoms with Gasteiger partial charge in [-0.05, 0) is 67.9 Å². The molecule has 0 aromatic heterocycles. The third-order valence-electron chi connectivity index (χ3n) is 4.21. The Morgan fingerprint density at radius 3 is 2.30 bits per heavy atom. The van der Waals surface area contributed by atoms with Crippen molar-refractivity contribution in [2.75, 3.05) is 23.3 Å². The minimum atomic E-state index is 0.0349. The fraction of sp³-hybridized carbons (Fsp3) is 0.174. The normalized spacial score (nSPS) is 10.3. The molecule has 0 spiro atoms. The van der Waals surface area contributed by atoms with Crippen LogP contribution >= 0.6 is 0 Å². The first-order valence-corrected chi connectivity index (χ1v) is 9.09. The van der Waals surface area contributed by atoms with E-state index >= 15 is 0 Å². The van der Waals surface area contributed by atoms with Crippen molar-refractivity contribution in [2.24, 2.45) is 0 Å². The van der Waals surface area contributed by atoms with Crippen LogP contribution in [-0.2, 0) is 4.79 Å². The minimum Gasteiger partial charge on any atom is -0.457 e. The number of hydrogen-bond donors (Lipinski definition) is 1.